The van der Waals surface area contributed by atoms with Crippen molar-refractivity contribution >= 4 is 17.5 Å². The van der Waals surface area contributed by atoms with Crippen LogP contribution >= 0.6 is 11.6 Å². The van der Waals surface area contributed by atoms with E-state index in [2.05, 4.69) is 29.6 Å². The number of amides is 1. The van der Waals surface area contributed by atoms with Gasteiger partial charge in [0, 0.05) is 17.0 Å². The van der Waals surface area contributed by atoms with Crippen molar-refractivity contribution in [3.8, 4) is 0 Å². The van der Waals surface area contributed by atoms with E-state index in [0.29, 0.717) is 18.0 Å². The molecule has 0 aliphatic carbocycles. The first-order chi connectivity index (χ1) is 13.7. The maximum absolute atomic E-state index is 12.5. The zero-order chi connectivity index (χ0) is 19.3. The SMILES string of the molecule is O=C(Cc1ccc(Cl)cc1)NC[C@@H](c1ccco1)[NH+]1CCc2ccccc2C1. The van der Waals surface area contributed by atoms with E-state index >= 15 is 0 Å². The highest BCUT2D eigenvalue weighted by molar-refractivity contribution is 6.30. The third kappa shape index (κ3) is 4.46. The number of carbonyl (C=O) groups excluding carboxylic acids is 1. The van der Waals surface area contributed by atoms with Crippen LogP contribution < -0.4 is 10.2 Å². The van der Waals surface area contributed by atoms with Gasteiger partial charge < -0.3 is 14.6 Å². The van der Waals surface area contributed by atoms with Gasteiger partial charge in [-0.15, -0.1) is 0 Å². The average molecular weight is 396 g/mol. The number of hydrogen-bond donors (Lipinski definition) is 2. The molecule has 2 aromatic carbocycles. The topological polar surface area (TPSA) is 46.7 Å². The molecule has 1 aliphatic rings. The number of furan rings is 1. The fourth-order valence-electron chi connectivity index (χ4n) is 3.90. The van der Waals surface area contributed by atoms with E-state index in [1.165, 1.54) is 16.0 Å². The molecule has 28 heavy (non-hydrogen) atoms. The standard InChI is InChI=1S/C23H23ClN2O2/c24-20-9-7-17(8-10-20)14-23(27)25-15-21(22-6-3-13-28-22)26-12-11-18-4-1-2-5-19(18)16-26/h1-10,13,21H,11-12,14-16H2,(H,25,27)/p+1/t21-/m0/s1. The number of fused-ring (bicyclic) bond motifs is 1. The molecule has 0 radical (unpaired) electrons. The van der Waals surface area contributed by atoms with Crippen LogP contribution in [-0.4, -0.2) is 19.0 Å². The second-order valence-electron chi connectivity index (χ2n) is 7.28. The molecule has 1 amide bonds. The zero-order valence-electron chi connectivity index (χ0n) is 15.7. The molecule has 5 heteroatoms. The van der Waals surface area contributed by atoms with Gasteiger partial charge in [-0.1, -0.05) is 48.0 Å². The summed E-state index contributed by atoms with van der Waals surface area (Å²) in [5, 5.41) is 3.78. The largest absolute Gasteiger partial charge is 0.463 e. The van der Waals surface area contributed by atoms with Gasteiger partial charge in [-0.2, -0.15) is 0 Å². The number of nitrogens with one attached hydrogen (secondary N) is 2. The van der Waals surface area contributed by atoms with Crippen molar-refractivity contribution in [1.29, 1.82) is 0 Å². The van der Waals surface area contributed by atoms with Crippen molar-refractivity contribution in [3.63, 3.8) is 0 Å². The third-order valence-electron chi connectivity index (χ3n) is 5.41. The van der Waals surface area contributed by atoms with Crippen LogP contribution in [-0.2, 0) is 24.2 Å². The summed E-state index contributed by atoms with van der Waals surface area (Å²) in [5.41, 5.74) is 3.76. The van der Waals surface area contributed by atoms with Crippen LogP contribution in [0.2, 0.25) is 5.02 Å². The number of carbonyl (C=O) groups is 1. The van der Waals surface area contributed by atoms with Gasteiger partial charge in [-0.05, 0) is 35.4 Å². The molecule has 2 atom stereocenters. The minimum absolute atomic E-state index is 0.00990. The van der Waals surface area contributed by atoms with Crippen molar-refractivity contribution in [3.05, 3.63) is 94.4 Å². The summed E-state index contributed by atoms with van der Waals surface area (Å²) in [7, 11) is 0. The quantitative estimate of drug-likeness (QED) is 0.674. The summed E-state index contributed by atoms with van der Waals surface area (Å²) >= 11 is 5.92. The smallest absolute Gasteiger partial charge is 0.224 e. The van der Waals surface area contributed by atoms with E-state index in [9.17, 15) is 4.79 Å². The Morgan fingerprint density at radius 2 is 1.86 bits per heavy atom. The second kappa shape index (κ2) is 8.63. The molecule has 4 nitrogen and oxygen atoms in total. The molecule has 2 heterocycles. The van der Waals surface area contributed by atoms with Crippen molar-refractivity contribution in [2.24, 2.45) is 0 Å². The minimum Gasteiger partial charge on any atom is -0.463 e. The molecule has 1 aliphatic heterocycles. The Morgan fingerprint density at radius 1 is 1.07 bits per heavy atom. The first kappa shape index (κ1) is 18.8. The van der Waals surface area contributed by atoms with E-state index in [1.54, 1.807) is 6.26 Å². The van der Waals surface area contributed by atoms with E-state index in [4.69, 9.17) is 16.0 Å². The van der Waals surface area contributed by atoms with Gasteiger partial charge in [0.25, 0.3) is 0 Å². The fraction of sp³-hybridized carbons (Fsp3) is 0.261. The highest BCUT2D eigenvalue weighted by atomic mass is 35.5. The number of quaternary nitrogens is 1. The van der Waals surface area contributed by atoms with Gasteiger partial charge in [0.15, 0.2) is 11.8 Å². The first-order valence-electron chi connectivity index (χ1n) is 9.65. The molecule has 0 saturated carbocycles. The summed E-state index contributed by atoms with van der Waals surface area (Å²) in [5.74, 6) is 0.928. The summed E-state index contributed by atoms with van der Waals surface area (Å²) in [4.78, 5) is 13.9. The van der Waals surface area contributed by atoms with Crippen molar-refractivity contribution in [2.45, 2.75) is 25.4 Å². The molecule has 2 N–H and O–H groups in total. The average Bonchev–Trinajstić information content (AvgIpc) is 3.24. The van der Waals surface area contributed by atoms with Crippen molar-refractivity contribution in [2.75, 3.05) is 13.1 Å². The molecular formula is C23H24ClN2O2+. The molecular weight excluding hydrogens is 372 g/mol. The van der Waals surface area contributed by atoms with Crippen LogP contribution in [0.3, 0.4) is 0 Å². The maximum Gasteiger partial charge on any atom is 0.224 e. The lowest BCUT2D eigenvalue weighted by Crippen LogP contribution is -3.12. The Kier molecular flexibility index (Phi) is 5.79. The van der Waals surface area contributed by atoms with Gasteiger partial charge in [0.1, 0.15) is 6.54 Å². The van der Waals surface area contributed by atoms with Gasteiger partial charge in [-0.3, -0.25) is 4.79 Å². The Bertz CT molecular complexity index is 922. The maximum atomic E-state index is 12.5. The Balaban J connectivity index is 1.43. The van der Waals surface area contributed by atoms with Crippen LogP contribution in [0.15, 0.2) is 71.3 Å². The lowest BCUT2D eigenvalue weighted by Gasteiger charge is -2.31. The van der Waals surface area contributed by atoms with Crippen LogP contribution in [0.5, 0.6) is 0 Å². The molecule has 0 fully saturated rings. The highest BCUT2D eigenvalue weighted by Crippen LogP contribution is 2.16. The van der Waals surface area contributed by atoms with E-state index in [-0.39, 0.29) is 11.9 Å². The molecule has 1 aromatic heterocycles. The van der Waals surface area contributed by atoms with Gasteiger partial charge in [0.05, 0.1) is 25.8 Å². The zero-order valence-corrected chi connectivity index (χ0v) is 16.4. The summed E-state index contributed by atoms with van der Waals surface area (Å²) in [6.07, 6.45) is 3.09. The number of rotatable bonds is 6. The van der Waals surface area contributed by atoms with Gasteiger partial charge in [0.2, 0.25) is 5.91 Å². The van der Waals surface area contributed by atoms with Crippen LogP contribution in [0.4, 0.5) is 0 Å². The van der Waals surface area contributed by atoms with Crippen LogP contribution in [0, 0.1) is 0 Å². The van der Waals surface area contributed by atoms with E-state index in [1.807, 2.05) is 36.4 Å². The lowest BCUT2D eigenvalue weighted by atomic mass is 9.98. The monoisotopic (exact) mass is 395 g/mol. The van der Waals surface area contributed by atoms with Crippen LogP contribution in [0.1, 0.15) is 28.5 Å². The molecule has 0 saturated heterocycles. The first-order valence-corrected chi connectivity index (χ1v) is 10.0. The second-order valence-corrected chi connectivity index (χ2v) is 7.72. The fourth-order valence-corrected chi connectivity index (χ4v) is 4.03. The predicted molar refractivity (Wildman–Crippen MR) is 109 cm³/mol. The van der Waals surface area contributed by atoms with Crippen molar-refractivity contribution in [1.82, 2.24) is 5.32 Å². The Hall–Kier alpha value is -2.56. The molecule has 4 rings (SSSR count). The molecule has 1 unspecified atom stereocenters. The Labute approximate surface area is 170 Å². The molecule has 3 aromatic rings. The molecule has 0 spiro atoms. The number of hydrogen-bond acceptors (Lipinski definition) is 2. The van der Waals surface area contributed by atoms with Gasteiger partial charge in [-0.25, -0.2) is 0 Å². The summed E-state index contributed by atoms with van der Waals surface area (Å²) < 4.78 is 5.71. The molecule has 144 valence electrons. The third-order valence-corrected chi connectivity index (χ3v) is 5.66. The Morgan fingerprint density at radius 3 is 2.61 bits per heavy atom. The highest BCUT2D eigenvalue weighted by Gasteiger charge is 2.30. The van der Waals surface area contributed by atoms with Gasteiger partial charge >= 0.3 is 0 Å². The predicted octanol–water partition coefficient (Wildman–Crippen LogP) is 2.97. The van der Waals surface area contributed by atoms with E-state index in [0.717, 1.165) is 30.8 Å². The number of halogens is 1. The van der Waals surface area contributed by atoms with Crippen molar-refractivity contribution < 1.29 is 14.1 Å². The summed E-state index contributed by atoms with van der Waals surface area (Å²) in [6, 6.07) is 20.0. The van der Waals surface area contributed by atoms with E-state index < -0.39 is 0 Å². The summed E-state index contributed by atoms with van der Waals surface area (Å²) in [6.45, 7) is 2.52. The minimum atomic E-state index is 0.00990. The van der Waals surface area contributed by atoms with Crippen LogP contribution in [0.25, 0.3) is 0 Å². The lowest BCUT2D eigenvalue weighted by molar-refractivity contribution is -0.946. The normalized spacial score (nSPS) is 17.0. The number of benzene rings is 2. The molecule has 0 bridgehead atoms.